The van der Waals surface area contributed by atoms with Crippen molar-refractivity contribution in [2.45, 2.75) is 25.8 Å². The fourth-order valence-electron chi connectivity index (χ4n) is 2.57. The summed E-state index contributed by atoms with van der Waals surface area (Å²) in [5.41, 5.74) is 1.87. The molecule has 2 aromatic carbocycles. The smallest absolute Gasteiger partial charge is 0.326 e. The minimum Gasteiger partial charge on any atom is -0.497 e. The molecule has 132 valence electrons. The number of methoxy groups -OCH3 is 1. The lowest BCUT2D eigenvalue weighted by atomic mass is 9.99. The van der Waals surface area contributed by atoms with Crippen LogP contribution in [-0.2, 0) is 22.4 Å². The maximum atomic E-state index is 12.4. The summed E-state index contributed by atoms with van der Waals surface area (Å²) < 4.78 is 5.11. The van der Waals surface area contributed by atoms with Crippen molar-refractivity contribution in [3.05, 3.63) is 65.7 Å². The van der Waals surface area contributed by atoms with E-state index >= 15 is 0 Å². The first-order chi connectivity index (χ1) is 12.0. The van der Waals surface area contributed by atoms with E-state index in [0.717, 1.165) is 16.9 Å². The molecule has 25 heavy (non-hydrogen) atoms. The number of carboxylic acids is 1. The van der Waals surface area contributed by atoms with Gasteiger partial charge in [0, 0.05) is 12.3 Å². The van der Waals surface area contributed by atoms with Crippen LogP contribution in [0.25, 0.3) is 0 Å². The number of amides is 1. The minimum atomic E-state index is -1.03. The molecule has 1 amide bonds. The van der Waals surface area contributed by atoms with Crippen molar-refractivity contribution < 1.29 is 19.4 Å². The van der Waals surface area contributed by atoms with Gasteiger partial charge in [0.15, 0.2) is 0 Å². The maximum Gasteiger partial charge on any atom is 0.326 e. The predicted molar refractivity (Wildman–Crippen MR) is 95.6 cm³/mol. The summed E-state index contributed by atoms with van der Waals surface area (Å²) in [6, 6.07) is 15.8. The van der Waals surface area contributed by atoms with Crippen molar-refractivity contribution in [2.24, 2.45) is 5.92 Å². The maximum absolute atomic E-state index is 12.4. The summed E-state index contributed by atoms with van der Waals surface area (Å²) in [7, 11) is 1.60. The summed E-state index contributed by atoms with van der Waals surface area (Å²) >= 11 is 0. The average molecular weight is 341 g/mol. The molecule has 0 saturated heterocycles. The van der Waals surface area contributed by atoms with Crippen LogP contribution < -0.4 is 10.1 Å². The summed E-state index contributed by atoms with van der Waals surface area (Å²) in [5.74, 6) is -0.867. The van der Waals surface area contributed by atoms with Crippen molar-refractivity contribution in [3.8, 4) is 5.75 Å². The molecular formula is C20H23NO4. The van der Waals surface area contributed by atoms with E-state index in [2.05, 4.69) is 5.32 Å². The Morgan fingerprint density at radius 1 is 1.00 bits per heavy atom. The normalized spacial score (nSPS) is 12.9. The van der Waals surface area contributed by atoms with Crippen LogP contribution in [0.2, 0.25) is 0 Å². The van der Waals surface area contributed by atoms with Gasteiger partial charge in [0.2, 0.25) is 5.91 Å². The Morgan fingerprint density at radius 2 is 1.60 bits per heavy atom. The highest BCUT2D eigenvalue weighted by Crippen LogP contribution is 2.15. The van der Waals surface area contributed by atoms with Crippen LogP contribution in [0.1, 0.15) is 18.1 Å². The standard InChI is InChI=1S/C20H23NO4/c1-14(12-16-8-10-17(25-2)11-9-16)19(22)21-18(20(23)24)13-15-6-4-3-5-7-15/h3-11,14,18H,12-13H2,1-2H3,(H,21,22)(H,23,24). The summed E-state index contributed by atoms with van der Waals surface area (Å²) in [4.78, 5) is 23.8. The topological polar surface area (TPSA) is 75.6 Å². The lowest BCUT2D eigenvalue weighted by Gasteiger charge is -2.18. The molecule has 0 spiro atoms. The van der Waals surface area contributed by atoms with Gasteiger partial charge in [0.1, 0.15) is 11.8 Å². The lowest BCUT2D eigenvalue weighted by molar-refractivity contribution is -0.142. The number of carbonyl (C=O) groups excluding carboxylic acids is 1. The highest BCUT2D eigenvalue weighted by Gasteiger charge is 2.23. The molecule has 0 saturated carbocycles. The second-order valence-corrected chi connectivity index (χ2v) is 6.04. The Hall–Kier alpha value is -2.82. The second-order valence-electron chi connectivity index (χ2n) is 6.04. The SMILES string of the molecule is COc1ccc(CC(C)C(=O)NC(Cc2ccccc2)C(=O)O)cc1. The van der Waals surface area contributed by atoms with Crippen molar-refractivity contribution in [1.29, 1.82) is 0 Å². The van der Waals surface area contributed by atoms with Gasteiger partial charge in [-0.15, -0.1) is 0 Å². The molecule has 2 atom stereocenters. The molecule has 0 fully saturated rings. The number of benzene rings is 2. The number of ether oxygens (including phenoxy) is 1. The van der Waals surface area contributed by atoms with E-state index in [1.54, 1.807) is 14.0 Å². The monoisotopic (exact) mass is 341 g/mol. The quantitative estimate of drug-likeness (QED) is 0.774. The van der Waals surface area contributed by atoms with Crippen molar-refractivity contribution in [3.63, 3.8) is 0 Å². The van der Waals surface area contributed by atoms with Crippen LogP contribution in [0.15, 0.2) is 54.6 Å². The van der Waals surface area contributed by atoms with Gasteiger partial charge in [-0.2, -0.15) is 0 Å². The second kappa shape index (κ2) is 8.87. The Labute approximate surface area is 147 Å². The summed E-state index contributed by atoms with van der Waals surface area (Å²) in [6.45, 7) is 1.79. The van der Waals surface area contributed by atoms with Crippen LogP contribution >= 0.6 is 0 Å². The molecule has 0 aliphatic rings. The molecule has 0 aromatic heterocycles. The van der Waals surface area contributed by atoms with Gasteiger partial charge >= 0.3 is 5.97 Å². The molecule has 5 heteroatoms. The predicted octanol–water partition coefficient (Wildman–Crippen LogP) is 2.69. The zero-order valence-electron chi connectivity index (χ0n) is 14.4. The third-order valence-electron chi connectivity index (χ3n) is 4.05. The zero-order valence-corrected chi connectivity index (χ0v) is 14.4. The van der Waals surface area contributed by atoms with Gasteiger partial charge in [-0.3, -0.25) is 4.79 Å². The third-order valence-corrected chi connectivity index (χ3v) is 4.05. The number of hydrogen-bond donors (Lipinski definition) is 2. The Bertz CT molecular complexity index is 697. The molecular weight excluding hydrogens is 318 g/mol. The minimum absolute atomic E-state index is 0.261. The highest BCUT2D eigenvalue weighted by atomic mass is 16.5. The number of rotatable bonds is 8. The molecule has 0 aliphatic heterocycles. The summed E-state index contributed by atoms with van der Waals surface area (Å²) in [6.07, 6.45) is 0.796. The third kappa shape index (κ3) is 5.64. The van der Waals surface area contributed by atoms with E-state index in [-0.39, 0.29) is 18.2 Å². The molecule has 0 bridgehead atoms. The van der Waals surface area contributed by atoms with Crippen LogP contribution in [0.5, 0.6) is 5.75 Å². The largest absolute Gasteiger partial charge is 0.497 e. The molecule has 2 rings (SSSR count). The molecule has 0 heterocycles. The summed E-state index contributed by atoms with van der Waals surface area (Å²) in [5, 5.41) is 12.0. The average Bonchev–Trinajstić information content (AvgIpc) is 2.62. The molecule has 2 aromatic rings. The van der Waals surface area contributed by atoms with E-state index in [0.29, 0.717) is 6.42 Å². The number of hydrogen-bond acceptors (Lipinski definition) is 3. The van der Waals surface area contributed by atoms with Crippen LogP contribution in [0, 0.1) is 5.92 Å². The molecule has 0 radical (unpaired) electrons. The van der Waals surface area contributed by atoms with Gasteiger partial charge in [0.25, 0.3) is 0 Å². The van der Waals surface area contributed by atoms with Gasteiger partial charge in [-0.25, -0.2) is 4.79 Å². The van der Waals surface area contributed by atoms with Crippen molar-refractivity contribution in [2.75, 3.05) is 7.11 Å². The van der Waals surface area contributed by atoms with Gasteiger partial charge in [0.05, 0.1) is 7.11 Å². The molecule has 2 unspecified atom stereocenters. The van der Waals surface area contributed by atoms with Crippen LogP contribution in [0.4, 0.5) is 0 Å². The van der Waals surface area contributed by atoms with E-state index in [1.807, 2.05) is 54.6 Å². The number of aliphatic carboxylic acids is 1. The van der Waals surface area contributed by atoms with Crippen LogP contribution in [0.3, 0.4) is 0 Å². The Morgan fingerprint density at radius 3 is 2.16 bits per heavy atom. The van der Waals surface area contributed by atoms with Crippen molar-refractivity contribution >= 4 is 11.9 Å². The first-order valence-corrected chi connectivity index (χ1v) is 8.19. The first kappa shape index (κ1) is 18.5. The highest BCUT2D eigenvalue weighted by molar-refractivity contribution is 5.85. The van der Waals surface area contributed by atoms with Crippen molar-refractivity contribution in [1.82, 2.24) is 5.32 Å². The fourth-order valence-corrected chi connectivity index (χ4v) is 2.57. The van der Waals surface area contributed by atoms with E-state index in [4.69, 9.17) is 4.74 Å². The Kier molecular flexibility index (Phi) is 6.57. The first-order valence-electron chi connectivity index (χ1n) is 8.19. The molecule has 5 nitrogen and oxygen atoms in total. The van der Waals surface area contributed by atoms with Crippen LogP contribution in [-0.4, -0.2) is 30.1 Å². The molecule has 0 aliphatic carbocycles. The van der Waals surface area contributed by atoms with Gasteiger partial charge in [-0.1, -0.05) is 49.4 Å². The lowest BCUT2D eigenvalue weighted by Crippen LogP contribution is -2.44. The number of nitrogens with one attached hydrogen (secondary N) is 1. The van der Waals surface area contributed by atoms with Gasteiger partial charge in [-0.05, 0) is 29.7 Å². The van der Waals surface area contributed by atoms with E-state index < -0.39 is 12.0 Å². The Balaban J connectivity index is 1.95. The van der Waals surface area contributed by atoms with E-state index in [1.165, 1.54) is 0 Å². The number of carboxylic acid groups (broad SMARTS) is 1. The fraction of sp³-hybridized carbons (Fsp3) is 0.300. The van der Waals surface area contributed by atoms with E-state index in [9.17, 15) is 14.7 Å². The molecule has 2 N–H and O–H groups in total. The van der Waals surface area contributed by atoms with Gasteiger partial charge < -0.3 is 15.2 Å². The number of carbonyl (C=O) groups is 2. The zero-order chi connectivity index (χ0) is 18.2.